The van der Waals surface area contributed by atoms with Gasteiger partial charge in [-0.2, -0.15) is 0 Å². The fourth-order valence-corrected chi connectivity index (χ4v) is 2.32. The van der Waals surface area contributed by atoms with E-state index in [-0.39, 0.29) is 5.56 Å². The van der Waals surface area contributed by atoms with Crippen molar-refractivity contribution < 1.29 is 19.1 Å². The Morgan fingerprint density at radius 1 is 1.32 bits per heavy atom. The zero-order valence-corrected chi connectivity index (χ0v) is 10.7. The molecule has 4 nitrogen and oxygen atoms in total. The van der Waals surface area contributed by atoms with Crippen molar-refractivity contribution in [1.29, 1.82) is 0 Å². The summed E-state index contributed by atoms with van der Waals surface area (Å²) in [5, 5.41) is 11.2. The smallest absolute Gasteiger partial charge is 0.339 e. The molecule has 0 aliphatic rings. The molecule has 0 fully saturated rings. The van der Waals surface area contributed by atoms with Gasteiger partial charge in [0.2, 0.25) is 0 Å². The molecule has 3 aromatic rings. The maximum atomic E-state index is 11.2. The third-order valence-electron chi connectivity index (χ3n) is 2.99. The van der Waals surface area contributed by atoms with Gasteiger partial charge in [-0.1, -0.05) is 11.6 Å². The molecule has 3 rings (SSSR count). The topological polar surface area (TPSA) is 59.7 Å². The van der Waals surface area contributed by atoms with Crippen molar-refractivity contribution in [2.75, 3.05) is 7.11 Å². The summed E-state index contributed by atoms with van der Waals surface area (Å²) in [6, 6.07) is 8.26. The lowest BCUT2D eigenvalue weighted by Gasteiger charge is -2.03. The van der Waals surface area contributed by atoms with Crippen LogP contribution in [0, 0.1) is 0 Å². The van der Waals surface area contributed by atoms with Gasteiger partial charge in [0.05, 0.1) is 12.5 Å². The van der Waals surface area contributed by atoms with Crippen LogP contribution in [-0.2, 0) is 0 Å². The van der Waals surface area contributed by atoms with Gasteiger partial charge in [0, 0.05) is 16.5 Å². The van der Waals surface area contributed by atoms with Crippen molar-refractivity contribution in [3.05, 3.63) is 40.9 Å². The van der Waals surface area contributed by atoms with Crippen molar-refractivity contribution >= 4 is 39.5 Å². The van der Waals surface area contributed by atoms with Crippen LogP contribution in [0.1, 0.15) is 10.4 Å². The Labute approximate surface area is 113 Å². The zero-order valence-electron chi connectivity index (χ0n) is 9.94. The number of rotatable bonds is 2. The third kappa shape index (κ3) is 1.72. The molecule has 0 saturated carbocycles. The number of ether oxygens (including phenoxy) is 1. The van der Waals surface area contributed by atoms with Crippen molar-refractivity contribution in [3.8, 4) is 5.75 Å². The first kappa shape index (κ1) is 11.9. The second-order valence-corrected chi connectivity index (χ2v) is 4.50. The maximum Gasteiger partial charge on any atom is 0.339 e. The van der Waals surface area contributed by atoms with E-state index in [1.54, 1.807) is 24.3 Å². The molecule has 1 N–H and O–H groups in total. The fraction of sp³-hybridized carbons (Fsp3) is 0.0714. The predicted octanol–water partition coefficient (Wildman–Crippen LogP) is 3.95. The molecule has 96 valence electrons. The van der Waals surface area contributed by atoms with Crippen molar-refractivity contribution in [3.63, 3.8) is 0 Å². The highest BCUT2D eigenvalue weighted by Crippen LogP contribution is 2.38. The summed E-state index contributed by atoms with van der Waals surface area (Å²) in [4.78, 5) is 11.2. The van der Waals surface area contributed by atoms with Gasteiger partial charge in [-0.25, -0.2) is 4.79 Å². The van der Waals surface area contributed by atoms with Crippen LogP contribution in [0.25, 0.3) is 21.9 Å². The molecular weight excluding hydrogens is 268 g/mol. The molecule has 0 bridgehead atoms. The molecule has 0 atom stereocenters. The Bertz CT molecular complexity index is 804. The SMILES string of the molecule is COc1ccc(C(=O)O)c2oc3cc(Cl)ccc3c12. The first-order valence-corrected chi connectivity index (χ1v) is 5.91. The highest BCUT2D eigenvalue weighted by Gasteiger charge is 2.19. The van der Waals surface area contributed by atoms with Crippen LogP contribution in [0.2, 0.25) is 5.02 Å². The minimum absolute atomic E-state index is 0.100. The first-order chi connectivity index (χ1) is 9.11. The molecule has 5 heteroatoms. The lowest BCUT2D eigenvalue weighted by Crippen LogP contribution is -1.97. The number of hydrogen-bond donors (Lipinski definition) is 1. The molecule has 1 heterocycles. The molecule has 0 saturated heterocycles. The molecule has 0 aliphatic heterocycles. The van der Waals surface area contributed by atoms with Crippen LogP contribution in [0.15, 0.2) is 34.7 Å². The second-order valence-electron chi connectivity index (χ2n) is 4.07. The number of halogens is 1. The van der Waals surface area contributed by atoms with E-state index < -0.39 is 5.97 Å². The van der Waals surface area contributed by atoms with Gasteiger partial charge in [-0.05, 0) is 24.3 Å². The summed E-state index contributed by atoms with van der Waals surface area (Å²) in [5.41, 5.74) is 0.932. The van der Waals surface area contributed by atoms with Crippen molar-refractivity contribution in [2.45, 2.75) is 0 Å². The molecule has 0 unspecified atom stereocenters. The van der Waals surface area contributed by atoms with Gasteiger partial charge in [0.15, 0.2) is 5.58 Å². The van der Waals surface area contributed by atoms with Gasteiger partial charge < -0.3 is 14.3 Å². The Morgan fingerprint density at radius 2 is 2.11 bits per heavy atom. The first-order valence-electron chi connectivity index (χ1n) is 5.54. The fourth-order valence-electron chi connectivity index (χ4n) is 2.16. The highest BCUT2D eigenvalue weighted by molar-refractivity contribution is 6.31. The van der Waals surface area contributed by atoms with Crippen LogP contribution in [0.4, 0.5) is 0 Å². The molecule has 19 heavy (non-hydrogen) atoms. The van der Waals surface area contributed by atoms with E-state index in [0.717, 1.165) is 5.39 Å². The van der Waals surface area contributed by atoms with Crippen LogP contribution in [0.5, 0.6) is 5.75 Å². The number of fused-ring (bicyclic) bond motifs is 3. The Hall–Kier alpha value is -2.20. The summed E-state index contributed by atoms with van der Waals surface area (Å²) in [6.45, 7) is 0. The number of carboxylic acid groups (broad SMARTS) is 1. The zero-order chi connectivity index (χ0) is 13.6. The predicted molar refractivity (Wildman–Crippen MR) is 72.2 cm³/mol. The number of carbonyl (C=O) groups is 1. The molecule has 0 spiro atoms. The van der Waals surface area contributed by atoms with Gasteiger partial charge in [-0.3, -0.25) is 0 Å². The monoisotopic (exact) mass is 276 g/mol. The van der Waals surface area contributed by atoms with Gasteiger partial charge in [-0.15, -0.1) is 0 Å². The standard InChI is InChI=1S/C14H9ClO4/c1-18-10-5-4-9(14(16)17)13-12(10)8-3-2-7(15)6-11(8)19-13/h2-6H,1H3,(H,16,17). The number of carboxylic acids is 1. The second kappa shape index (κ2) is 4.17. The largest absolute Gasteiger partial charge is 0.496 e. The van der Waals surface area contributed by atoms with Crippen molar-refractivity contribution in [1.82, 2.24) is 0 Å². The van der Waals surface area contributed by atoms with E-state index in [9.17, 15) is 9.90 Å². The quantitative estimate of drug-likeness (QED) is 0.770. The van der Waals surface area contributed by atoms with E-state index in [1.807, 2.05) is 0 Å². The normalized spacial score (nSPS) is 11.1. The van der Waals surface area contributed by atoms with Crippen molar-refractivity contribution in [2.24, 2.45) is 0 Å². The third-order valence-corrected chi connectivity index (χ3v) is 3.23. The summed E-state index contributed by atoms with van der Waals surface area (Å²) >= 11 is 5.91. The van der Waals surface area contributed by atoms with Crippen LogP contribution < -0.4 is 4.74 Å². The summed E-state index contributed by atoms with van der Waals surface area (Å²) in [5.74, 6) is -0.473. The van der Waals surface area contributed by atoms with Gasteiger partial charge in [0.25, 0.3) is 0 Å². The Balaban J connectivity index is 2.53. The minimum atomic E-state index is -1.04. The minimum Gasteiger partial charge on any atom is -0.496 e. The van der Waals surface area contributed by atoms with E-state index in [2.05, 4.69) is 0 Å². The highest BCUT2D eigenvalue weighted by atomic mass is 35.5. The van der Waals surface area contributed by atoms with E-state index in [4.69, 9.17) is 20.8 Å². The average Bonchev–Trinajstić information content (AvgIpc) is 2.75. The number of hydrogen-bond acceptors (Lipinski definition) is 3. The number of benzene rings is 2. The molecule has 2 aromatic carbocycles. The van der Waals surface area contributed by atoms with Gasteiger partial charge >= 0.3 is 5.97 Å². The Morgan fingerprint density at radius 3 is 2.79 bits per heavy atom. The summed E-state index contributed by atoms with van der Waals surface area (Å²) in [6.07, 6.45) is 0. The molecule has 0 aliphatic carbocycles. The maximum absolute atomic E-state index is 11.2. The number of aromatic carboxylic acids is 1. The molecular formula is C14H9ClO4. The van der Waals surface area contributed by atoms with Crippen LogP contribution in [0.3, 0.4) is 0 Å². The van der Waals surface area contributed by atoms with Crippen LogP contribution in [-0.4, -0.2) is 18.2 Å². The lowest BCUT2D eigenvalue weighted by molar-refractivity contribution is 0.0698. The number of methoxy groups -OCH3 is 1. The Kier molecular flexibility index (Phi) is 2.61. The molecule has 0 radical (unpaired) electrons. The van der Waals surface area contributed by atoms with E-state index >= 15 is 0 Å². The van der Waals surface area contributed by atoms with E-state index in [0.29, 0.717) is 27.3 Å². The summed E-state index contributed by atoms with van der Waals surface area (Å²) in [7, 11) is 1.53. The lowest BCUT2D eigenvalue weighted by atomic mass is 10.1. The van der Waals surface area contributed by atoms with Crippen LogP contribution >= 0.6 is 11.6 Å². The average molecular weight is 277 g/mol. The number of furan rings is 1. The van der Waals surface area contributed by atoms with Gasteiger partial charge in [0.1, 0.15) is 16.9 Å². The molecule has 0 amide bonds. The van der Waals surface area contributed by atoms with E-state index in [1.165, 1.54) is 13.2 Å². The summed E-state index contributed by atoms with van der Waals surface area (Å²) < 4.78 is 10.9. The molecule has 1 aromatic heterocycles.